The van der Waals surface area contributed by atoms with Gasteiger partial charge in [0.05, 0.1) is 6.42 Å². The minimum absolute atomic E-state index is 0.0850. The van der Waals surface area contributed by atoms with E-state index in [2.05, 4.69) is 6.58 Å². The van der Waals surface area contributed by atoms with E-state index < -0.39 is 5.97 Å². The quantitative estimate of drug-likeness (QED) is 0.798. The topological polar surface area (TPSA) is 59.0 Å². The second-order valence-electron chi connectivity index (χ2n) is 4.56. The fourth-order valence-corrected chi connectivity index (χ4v) is 1.94. The van der Waals surface area contributed by atoms with Crippen molar-refractivity contribution in [1.82, 2.24) is 0 Å². The number of hydrogen-bond donors (Lipinski definition) is 1. The third kappa shape index (κ3) is 3.40. The van der Waals surface area contributed by atoms with Crippen LogP contribution in [0, 0.1) is 0 Å². The van der Waals surface area contributed by atoms with Crippen molar-refractivity contribution in [2.24, 2.45) is 0 Å². The molecule has 0 bridgehead atoms. The summed E-state index contributed by atoms with van der Waals surface area (Å²) in [6, 6.07) is 5.61. The zero-order chi connectivity index (χ0) is 13.8. The van der Waals surface area contributed by atoms with Gasteiger partial charge in [0.15, 0.2) is 11.5 Å². The van der Waals surface area contributed by atoms with Crippen LogP contribution >= 0.6 is 0 Å². The Bertz CT molecular complexity index is 498. The van der Waals surface area contributed by atoms with Crippen LogP contribution in [0.3, 0.4) is 0 Å². The molecule has 1 heterocycles. The number of nitrogens with zero attached hydrogens (tertiary/aromatic N) is 1. The van der Waals surface area contributed by atoms with E-state index in [0.717, 1.165) is 17.0 Å². The number of anilines is 1. The predicted molar refractivity (Wildman–Crippen MR) is 71.8 cm³/mol. The number of rotatable bonds is 6. The van der Waals surface area contributed by atoms with Crippen molar-refractivity contribution in [2.45, 2.75) is 13.3 Å². The number of carbonyl (C=O) groups is 1. The summed E-state index contributed by atoms with van der Waals surface area (Å²) in [6.45, 7) is 7.07. The van der Waals surface area contributed by atoms with E-state index in [9.17, 15) is 4.79 Å². The second kappa shape index (κ2) is 5.65. The summed E-state index contributed by atoms with van der Waals surface area (Å²) >= 11 is 0. The van der Waals surface area contributed by atoms with Crippen molar-refractivity contribution in [3.05, 3.63) is 30.4 Å². The molecule has 0 spiro atoms. The molecule has 0 unspecified atom stereocenters. The molecule has 1 aliphatic rings. The standard InChI is InChI=1S/C14H17NO4/c1-10(2)8-15(6-5-14(16)17)11-3-4-12-13(7-11)19-9-18-12/h3-4,7H,1,5-6,8-9H2,2H3,(H,16,17). The van der Waals surface area contributed by atoms with Crippen molar-refractivity contribution < 1.29 is 19.4 Å². The van der Waals surface area contributed by atoms with Crippen LogP contribution in [0.4, 0.5) is 5.69 Å². The Morgan fingerprint density at radius 1 is 1.42 bits per heavy atom. The minimum atomic E-state index is -0.813. The lowest BCUT2D eigenvalue weighted by molar-refractivity contribution is -0.136. The average molecular weight is 263 g/mol. The van der Waals surface area contributed by atoms with Gasteiger partial charge in [0.25, 0.3) is 0 Å². The molecular weight excluding hydrogens is 246 g/mol. The van der Waals surface area contributed by atoms with Crippen LogP contribution in [0.1, 0.15) is 13.3 Å². The SMILES string of the molecule is C=C(C)CN(CCC(=O)O)c1ccc2c(c1)OCO2. The van der Waals surface area contributed by atoms with Gasteiger partial charge in [-0.25, -0.2) is 0 Å². The zero-order valence-corrected chi connectivity index (χ0v) is 10.9. The number of benzene rings is 1. The van der Waals surface area contributed by atoms with Crippen molar-refractivity contribution in [3.8, 4) is 11.5 Å². The van der Waals surface area contributed by atoms with Gasteiger partial charge in [-0.05, 0) is 19.1 Å². The lowest BCUT2D eigenvalue weighted by atomic mass is 10.2. The Morgan fingerprint density at radius 2 is 2.16 bits per heavy atom. The molecule has 0 amide bonds. The molecule has 1 aromatic rings. The van der Waals surface area contributed by atoms with Gasteiger partial charge >= 0.3 is 5.97 Å². The Balaban J connectivity index is 2.16. The monoisotopic (exact) mass is 263 g/mol. The lowest BCUT2D eigenvalue weighted by Crippen LogP contribution is -2.27. The summed E-state index contributed by atoms with van der Waals surface area (Å²) in [4.78, 5) is 12.7. The van der Waals surface area contributed by atoms with Gasteiger partial charge in [0.1, 0.15) is 0 Å². The minimum Gasteiger partial charge on any atom is -0.481 e. The van der Waals surface area contributed by atoms with Crippen LogP contribution < -0.4 is 14.4 Å². The fourth-order valence-electron chi connectivity index (χ4n) is 1.94. The van der Waals surface area contributed by atoms with Crippen LogP contribution in [0.2, 0.25) is 0 Å². The van der Waals surface area contributed by atoms with Crippen molar-refractivity contribution in [3.63, 3.8) is 0 Å². The van der Waals surface area contributed by atoms with Gasteiger partial charge in [0.2, 0.25) is 6.79 Å². The average Bonchev–Trinajstić information content (AvgIpc) is 2.80. The number of hydrogen-bond acceptors (Lipinski definition) is 4. The zero-order valence-electron chi connectivity index (χ0n) is 10.9. The Morgan fingerprint density at radius 3 is 2.84 bits per heavy atom. The van der Waals surface area contributed by atoms with E-state index in [0.29, 0.717) is 18.8 Å². The van der Waals surface area contributed by atoms with Crippen LogP contribution in [0.5, 0.6) is 11.5 Å². The van der Waals surface area contributed by atoms with Gasteiger partial charge in [-0.2, -0.15) is 0 Å². The second-order valence-corrected chi connectivity index (χ2v) is 4.56. The van der Waals surface area contributed by atoms with E-state index in [1.54, 1.807) is 0 Å². The van der Waals surface area contributed by atoms with Crippen LogP contribution in [0.25, 0.3) is 0 Å². The smallest absolute Gasteiger partial charge is 0.305 e. The molecular formula is C14H17NO4. The molecule has 5 heteroatoms. The van der Waals surface area contributed by atoms with Gasteiger partial charge in [-0.15, -0.1) is 0 Å². The Hall–Kier alpha value is -2.17. The summed E-state index contributed by atoms with van der Waals surface area (Å²) < 4.78 is 10.6. The van der Waals surface area contributed by atoms with E-state index in [1.807, 2.05) is 30.0 Å². The van der Waals surface area contributed by atoms with E-state index in [-0.39, 0.29) is 13.2 Å². The molecule has 0 aliphatic carbocycles. The number of aliphatic carboxylic acids is 1. The number of carboxylic acids is 1. The molecule has 0 radical (unpaired) electrons. The van der Waals surface area contributed by atoms with Crippen molar-refractivity contribution >= 4 is 11.7 Å². The molecule has 5 nitrogen and oxygen atoms in total. The molecule has 102 valence electrons. The lowest BCUT2D eigenvalue weighted by Gasteiger charge is -2.24. The van der Waals surface area contributed by atoms with Gasteiger partial charge in [-0.3, -0.25) is 4.79 Å². The predicted octanol–water partition coefficient (Wildman–Crippen LogP) is 2.27. The van der Waals surface area contributed by atoms with E-state index >= 15 is 0 Å². The van der Waals surface area contributed by atoms with Crippen LogP contribution in [-0.2, 0) is 4.79 Å². The maximum Gasteiger partial charge on any atom is 0.305 e. The van der Waals surface area contributed by atoms with E-state index in [4.69, 9.17) is 14.6 Å². The molecule has 1 aromatic carbocycles. The normalized spacial score (nSPS) is 12.3. The maximum absolute atomic E-state index is 10.7. The molecule has 0 atom stereocenters. The summed E-state index contributed by atoms with van der Waals surface area (Å²) in [5.74, 6) is 0.601. The summed E-state index contributed by atoms with van der Waals surface area (Å²) in [5.41, 5.74) is 1.89. The summed E-state index contributed by atoms with van der Waals surface area (Å²) in [6.07, 6.45) is 0.0850. The first-order chi connectivity index (χ1) is 9.06. The van der Waals surface area contributed by atoms with Gasteiger partial charge in [-0.1, -0.05) is 12.2 Å². The number of ether oxygens (including phenoxy) is 2. The number of fused-ring (bicyclic) bond motifs is 1. The first-order valence-corrected chi connectivity index (χ1v) is 6.07. The molecule has 0 fully saturated rings. The van der Waals surface area contributed by atoms with Gasteiger partial charge in [0, 0.05) is 24.8 Å². The molecule has 1 aliphatic heterocycles. The fraction of sp³-hybridized carbons (Fsp3) is 0.357. The highest BCUT2D eigenvalue weighted by Gasteiger charge is 2.16. The highest BCUT2D eigenvalue weighted by atomic mass is 16.7. The Labute approximate surface area is 112 Å². The molecule has 1 N–H and O–H groups in total. The highest BCUT2D eigenvalue weighted by molar-refractivity contribution is 5.68. The molecule has 19 heavy (non-hydrogen) atoms. The maximum atomic E-state index is 10.7. The highest BCUT2D eigenvalue weighted by Crippen LogP contribution is 2.35. The summed E-state index contributed by atoms with van der Waals surface area (Å²) in [5, 5.41) is 8.80. The van der Waals surface area contributed by atoms with Crippen LogP contribution in [0.15, 0.2) is 30.4 Å². The first kappa shape index (κ1) is 13.3. The van der Waals surface area contributed by atoms with Crippen molar-refractivity contribution in [1.29, 1.82) is 0 Å². The van der Waals surface area contributed by atoms with Crippen molar-refractivity contribution in [2.75, 3.05) is 24.8 Å². The molecule has 0 saturated heterocycles. The molecule has 2 rings (SSSR count). The largest absolute Gasteiger partial charge is 0.481 e. The summed E-state index contributed by atoms with van der Waals surface area (Å²) in [7, 11) is 0. The molecule has 0 aromatic heterocycles. The Kier molecular flexibility index (Phi) is 3.94. The molecule has 0 saturated carbocycles. The first-order valence-electron chi connectivity index (χ1n) is 6.07. The van der Waals surface area contributed by atoms with Crippen LogP contribution in [-0.4, -0.2) is 31.0 Å². The third-order valence-corrected chi connectivity index (χ3v) is 2.78. The van der Waals surface area contributed by atoms with E-state index in [1.165, 1.54) is 0 Å². The van der Waals surface area contributed by atoms with Gasteiger partial charge < -0.3 is 19.5 Å². The number of carboxylic acid groups (broad SMARTS) is 1. The third-order valence-electron chi connectivity index (χ3n) is 2.78.